The van der Waals surface area contributed by atoms with E-state index in [0.717, 1.165) is 0 Å². The largest absolute Gasteiger partial charge is 0.505 e. The minimum atomic E-state index is -1.32. The number of carboxylic acids is 2. The lowest BCUT2D eigenvalue weighted by molar-refractivity contribution is 0.0677. The maximum atomic E-state index is 11.2. The van der Waals surface area contributed by atoms with Crippen LogP contribution in [0.2, 0.25) is 0 Å². The van der Waals surface area contributed by atoms with E-state index in [9.17, 15) is 19.8 Å². The van der Waals surface area contributed by atoms with E-state index in [2.05, 4.69) is 25.4 Å². The van der Waals surface area contributed by atoms with Crippen LogP contribution in [-0.4, -0.2) is 42.4 Å². The highest BCUT2D eigenvalue weighted by Gasteiger charge is 2.17. The Bertz CT molecular complexity index is 994. The molecule has 0 aliphatic heterocycles. The third kappa shape index (κ3) is 2.63. The lowest BCUT2D eigenvalue weighted by atomic mass is 10.0. The van der Waals surface area contributed by atoms with E-state index in [1.54, 1.807) is 24.3 Å². The molecule has 0 unspecified atom stereocenters. The number of carbonyl (C=O) groups is 2. The van der Waals surface area contributed by atoms with Gasteiger partial charge in [-0.25, -0.2) is 9.59 Å². The van der Waals surface area contributed by atoms with Crippen LogP contribution in [0.5, 0.6) is 5.75 Å². The van der Waals surface area contributed by atoms with Crippen LogP contribution < -0.4 is 0 Å². The van der Waals surface area contributed by atoms with Gasteiger partial charge in [0.25, 0.3) is 5.95 Å². The Morgan fingerprint density at radius 1 is 1.08 bits per heavy atom. The van der Waals surface area contributed by atoms with Gasteiger partial charge in [-0.2, -0.15) is 4.98 Å². The zero-order valence-corrected chi connectivity index (χ0v) is 11.8. The molecule has 1 heterocycles. The van der Waals surface area contributed by atoms with Crippen LogP contribution in [0, 0.1) is 0 Å². The highest BCUT2D eigenvalue weighted by atomic mass is 16.4. The van der Waals surface area contributed by atoms with E-state index in [1.807, 2.05) is 0 Å². The topological polar surface area (TPSA) is 161 Å². The molecule has 10 nitrogen and oxygen atoms in total. The average molecular weight is 327 g/mol. The molecule has 0 spiro atoms. The summed E-state index contributed by atoms with van der Waals surface area (Å²) in [6.07, 6.45) is 0. The van der Waals surface area contributed by atoms with Crippen molar-refractivity contribution in [3.8, 4) is 5.75 Å². The molecular formula is C14H9N5O5. The minimum absolute atomic E-state index is 0.0767. The first-order chi connectivity index (χ1) is 11.5. The van der Waals surface area contributed by atoms with Crippen LogP contribution in [0.25, 0.3) is 10.8 Å². The van der Waals surface area contributed by atoms with E-state index >= 15 is 0 Å². The number of aromatic nitrogens is 3. The van der Waals surface area contributed by atoms with Gasteiger partial charge in [0.05, 0.1) is 0 Å². The molecule has 0 aliphatic rings. The third-order valence-electron chi connectivity index (χ3n) is 3.14. The summed E-state index contributed by atoms with van der Waals surface area (Å²) in [5.74, 6) is -3.88. The molecule has 0 fully saturated rings. The van der Waals surface area contributed by atoms with Gasteiger partial charge in [0, 0.05) is 5.39 Å². The standard InChI is InChI=1S/C14H9N5O5/c20-10-8(12(21)22)5-6-3-1-2-4-7(6)9(10)16-18-14-15-11(13(23)24)17-19-14/h1-5,20H,(H,21,22)(H,23,24)(H,15,17,19). The van der Waals surface area contributed by atoms with Crippen molar-refractivity contribution in [1.82, 2.24) is 15.2 Å². The van der Waals surface area contributed by atoms with E-state index in [0.29, 0.717) is 10.8 Å². The summed E-state index contributed by atoms with van der Waals surface area (Å²) in [7, 11) is 0. The van der Waals surface area contributed by atoms with Crippen LogP contribution >= 0.6 is 0 Å². The Balaban J connectivity index is 2.13. The number of nitrogens with one attached hydrogen (secondary N) is 1. The first kappa shape index (κ1) is 15.1. The van der Waals surface area contributed by atoms with Crippen molar-refractivity contribution >= 4 is 34.3 Å². The molecule has 120 valence electrons. The average Bonchev–Trinajstić information content (AvgIpc) is 3.02. The van der Waals surface area contributed by atoms with Crippen molar-refractivity contribution in [3.63, 3.8) is 0 Å². The van der Waals surface area contributed by atoms with Crippen molar-refractivity contribution in [1.29, 1.82) is 0 Å². The summed E-state index contributed by atoms with van der Waals surface area (Å²) in [5, 5.41) is 42.2. The monoisotopic (exact) mass is 327 g/mol. The number of hydrogen-bond donors (Lipinski definition) is 4. The number of aromatic carboxylic acids is 2. The van der Waals surface area contributed by atoms with Crippen molar-refractivity contribution in [3.05, 3.63) is 41.7 Å². The van der Waals surface area contributed by atoms with Crippen molar-refractivity contribution in [2.75, 3.05) is 0 Å². The highest BCUT2D eigenvalue weighted by Crippen LogP contribution is 2.39. The Labute approximate surface area is 133 Å². The van der Waals surface area contributed by atoms with E-state index < -0.39 is 23.5 Å². The van der Waals surface area contributed by atoms with Crippen LogP contribution in [0.1, 0.15) is 21.0 Å². The lowest BCUT2D eigenvalue weighted by Crippen LogP contribution is -1.98. The number of aromatic amines is 1. The highest BCUT2D eigenvalue weighted by molar-refractivity contribution is 6.04. The second-order valence-corrected chi connectivity index (χ2v) is 4.64. The van der Waals surface area contributed by atoms with E-state index in [4.69, 9.17) is 5.11 Å². The van der Waals surface area contributed by atoms with Gasteiger partial charge in [0.1, 0.15) is 11.3 Å². The number of benzene rings is 2. The first-order valence-corrected chi connectivity index (χ1v) is 6.53. The number of hydrogen-bond acceptors (Lipinski definition) is 7. The van der Waals surface area contributed by atoms with Gasteiger partial charge in [-0.1, -0.05) is 24.3 Å². The van der Waals surface area contributed by atoms with Crippen LogP contribution in [0.3, 0.4) is 0 Å². The molecule has 0 aliphatic carbocycles. The fraction of sp³-hybridized carbons (Fsp3) is 0. The summed E-state index contributed by atoms with van der Waals surface area (Å²) >= 11 is 0. The number of nitrogens with zero attached hydrogens (tertiary/aromatic N) is 4. The summed E-state index contributed by atoms with van der Waals surface area (Å²) in [6.45, 7) is 0. The molecule has 0 saturated heterocycles. The Kier molecular flexibility index (Phi) is 3.62. The summed E-state index contributed by atoms with van der Waals surface area (Å²) in [4.78, 5) is 25.5. The molecule has 3 rings (SSSR count). The van der Waals surface area contributed by atoms with Gasteiger partial charge in [-0.3, -0.25) is 5.10 Å². The molecule has 10 heteroatoms. The Morgan fingerprint density at radius 3 is 2.50 bits per heavy atom. The van der Waals surface area contributed by atoms with Gasteiger partial charge in [-0.15, -0.1) is 15.3 Å². The molecule has 0 bridgehead atoms. The normalized spacial score (nSPS) is 11.2. The molecule has 1 aromatic heterocycles. The summed E-state index contributed by atoms with van der Waals surface area (Å²) < 4.78 is 0. The number of rotatable bonds is 4. The number of H-pyrrole nitrogens is 1. The van der Waals surface area contributed by atoms with Crippen molar-refractivity contribution in [2.45, 2.75) is 0 Å². The second kappa shape index (κ2) is 5.76. The van der Waals surface area contributed by atoms with Gasteiger partial charge in [0.2, 0.25) is 5.82 Å². The Morgan fingerprint density at radius 2 is 1.83 bits per heavy atom. The zero-order chi connectivity index (χ0) is 17.3. The maximum Gasteiger partial charge on any atom is 0.373 e. The molecule has 0 saturated carbocycles. The molecular weight excluding hydrogens is 318 g/mol. The number of carboxylic acid groups (broad SMARTS) is 2. The van der Waals surface area contributed by atoms with Gasteiger partial charge in [0.15, 0.2) is 5.75 Å². The van der Waals surface area contributed by atoms with Crippen LogP contribution in [0.4, 0.5) is 11.6 Å². The maximum absolute atomic E-state index is 11.2. The summed E-state index contributed by atoms with van der Waals surface area (Å²) in [6, 6.07) is 8.02. The lowest BCUT2D eigenvalue weighted by Gasteiger charge is -2.07. The quantitative estimate of drug-likeness (QED) is 0.535. The molecule has 24 heavy (non-hydrogen) atoms. The fourth-order valence-electron chi connectivity index (χ4n) is 2.07. The van der Waals surface area contributed by atoms with Gasteiger partial charge >= 0.3 is 11.9 Å². The number of azo groups is 1. The van der Waals surface area contributed by atoms with Gasteiger partial charge in [-0.05, 0) is 11.5 Å². The molecule has 3 aromatic rings. The number of aromatic hydroxyl groups is 1. The van der Waals surface area contributed by atoms with Crippen molar-refractivity contribution < 1.29 is 24.9 Å². The Hall–Kier alpha value is -3.82. The molecule has 0 amide bonds. The van der Waals surface area contributed by atoms with Crippen LogP contribution in [0.15, 0.2) is 40.6 Å². The predicted octanol–water partition coefficient (Wildman–Crippen LogP) is 2.48. The second-order valence-electron chi connectivity index (χ2n) is 4.64. The SMILES string of the molecule is O=C(O)c1nc(N=Nc2c(O)c(C(=O)O)cc3ccccc23)n[nH]1. The summed E-state index contributed by atoms with van der Waals surface area (Å²) in [5.41, 5.74) is -0.406. The molecule has 4 N–H and O–H groups in total. The third-order valence-corrected chi connectivity index (χ3v) is 3.14. The minimum Gasteiger partial charge on any atom is -0.505 e. The van der Waals surface area contributed by atoms with Crippen LogP contribution in [-0.2, 0) is 0 Å². The first-order valence-electron chi connectivity index (χ1n) is 6.53. The predicted molar refractivity (Wildman–Crippen MR) is 80.1 cm³/mol. The number of phenols is 1. The van der Waals surface area contributed by atoms with E-state index in [1.165, 1.54) is 6.07 Å². The molecule has 2 aromatic carbocycles. The van der Waals surface area contributed by atoms with Gasteiger partial charge < -0.3 is 15.3 Å². The molecule has 0 radical (unpaired) electrons. The zero-order valence-electron chi connectivity index (χ0n) is 11.8. The number of fused-ring (bicyclic) bond motifs is 1. The smallest absolute Gasteiger partial charge is 0.373 e. The van der Waals surface area contributed by atoms with E-state index in [-0.39, 0.29) is 17.2 Å². The van der Waals surface area contributed by atoms with Crippen molar-refractivity contribution in [2.24, 2.45) is 10.2 Å². The fourth-order valence-corrected chi connectivity index (χ4v) is 2.07. The molecule has 0 atom stereocenters.